The van der Waals surface area contributed by atoms with E-state index in [2.05, 4.69) is 0 Å². The van der Waals surface area contributed by atoms with Crippen LogP contribution in [0.15, 0.2) is 4.79 Å². The first-order chi connectivity index (χ1) is 9.25. The summed E-state index contributed by atoms with van der Waals surface area (Å²) in [6.07, 6.45) is 3.60. The topological polar surface area (TPSA) is 42.2 Å². The molecular formula is C12H15F2NO2. The summed E-state index contributed by atoms with van der Waals surface area (Å²) in [4.78, 5) is 11.6. The third kappa shape index (κ3) is 1.94. The summed E-state index contributed by atoms with van der Waals surface area (Å²) in [5.41, 5.74) is -3.16. The zero-order valence-electron chi connectivity index (χ0n) is 12.2. The zero-order chi connectivity index (χ0) is 15.1. The van der Waals surface area contributed by atoms with E-state index in [1.54, 1.807) is 0 Å². The molecule has 1 heterocycles. The van der Waals surface area contributed by atoms with Crippen molar-refractivity contribution in [2.45, 2.75) is 44.9 Å². The van der Waals surface area contributed by atoms with Crippen molar-refractivity contribution >= 4 is 0 Å². The smallest absolute Gasteiger partial charge is 0.319 e. The van der Waals surface area contributed by atoms with Crippen LogP contribution >= 0.6 is 0 Å². The lowest BCUT2D eigenvalue weighted by molar-refractivity contribution is 0.145. The zero-order valence-corrected chi connectivity index (χ0v) is 9.17. The summed E-state index contributed by atoms with van der Waals surface area (Å²) in [5, 5.41) is 9.64. The lowest BCUT2D eigenvalue weighted by Gasteiger charge is -2.23. The highest BCUT2D eigenvalue weighted by molar-refractivity contribution is 5.23. The Hall–Kier alpha value is -1.39. The molecule has 5 heteroatoms. The molecule has 0 saturated heterocycles. The van der Waals surface area contributed by atoms with E-state index in [-0.39, 0.29) is 4.73 Å². The monoisotopic (exact) mass is 246 g/mol. The minimum atomic E-state index is -3.08. The van der Waals surface area contributed by atoms with E-state index in [1.165, 1.54) is 0 Å². The molecule has 1 aromatic rings. The van der Waals surface area contributed by atoms with Crippen LogP contribution in [0.25, 0.3) is 0 Å². The maximum absolute atomic E-state index is 14.3. The quantitative estimate of drug-likeness (QED) is 0.774. The Balaban J connectivity index is 2.68. The van der Waals surface area contributed by atoms with Crippen LogP contribution in [0.5, 0.6) is 0 Å². The molecule has 0 radical (unpaired) electrons. The molecule has 0 spiro atoms. The van der Waals surface area contributed by atoms with Gasteiger partial charge >= 0.3 is 5.56 Å². The van der Waals surface area contributed by atoms with Gasteiger partial charge in [0.1, 0.15) is 5.69 Å². The number of aromatic nitrogens is 1. The van der Waals surface area contributed by atoms with Crippen molar-refractivity contribution in [2.24, 2.45) is 0 Å². The van der Waals surface area contributed by atoms with E-state index in [1.807, 2.05) is 0 Å². The maximum atomic E-state index is 14.3. The Bertz CT molecular complexity index is 578. The Labute approximate surface area is 102 Å². The second-order valence-electron chi connectivity index (χ2n) is 4.34. The predicted molar refractivity (Wildman–Crippen MR) is 58.4 cm³/mol. The summed E-state index contributed by atoms with van der Waals surface area (Å²) in [6.45, 7) is -3.08. The van der Waals surface area contributed by atoms with Crippen molar-refractivity contribution < 1.29 is 18.1 Å². The van der Waals surface area contributed by atoms with Crippen LogP contribution in [0.4, 0.5) is 8.78 Å². The van der Waals surface area contributed by atoms with Crippen molar-refractivity contribution in [3.8, 4) is 0 Å². The van der Waals surface area contributed by atoms with Crippen LogP contribution in [0.1, 0.15) is 53.4 Å². The Morgan fingerprint density at radius 1 is 1.29 bits per heavy atom. The molecule has 1 fully saturated rings. The molecule has 1 aliphatic rings. The van der Waals surface area contributed by atoms with Gasteiger partial charge in [0, 0.05) is 15.6 Å². The van der Waals surface area contributed by atoms with Crippen LogP contribution in [0.3, 0.4) is 0 Å². The van der Waals surface area contributed by atoms with Crippen molar-refractivity contribution in [3.63, 3.8) is 0 Å². The molecule has 94 valence electrons. The van der Waals surface area contributed by atoms with E-state index < -0.39 is 41.2 Å². The molecule has 0 atom stereocenters. The van der Waals surface area contributed by atoms with Crippen LogP contribution in [0.2, 0.25) is 0 Å². The van der Waals surface area contributed by atoms with Gasteiger partial charge in [0.05, 0.1) is 0 Å². The number of hydrogen-bond acceptors (Lipinski definition) is 2. The molecule has 1 aromatic heterocycles. The number of hydrogen-bond donors (Lipinski definition) is 1. The largest absolute Gasteiger partial charge is 0.425 e. The molecule has 0 aliphatic heterocycles. The van der Waals surface area contributed by atoms with E-state index in [9.17, 15) is 18.8 Å². The van der Waals surface area contributed by atoms with Crippen molar-refractivity contribution in [2.75, 3.05) is 0 Å². The molecule has 0 bridgehead atoms. The standard InChI is InChI=1S/C12H15F2NO2/c1-7-9(13)11(8-5-3-2-4-6-8)15(17)12(16)10(7)14/h8,17H,2-6H2,1H3/i1D3. The number of pyridine rings is 1. The highest BCUT2D eigenvalue weighted by Crippen LogP contribution is 2.33. The van der Waals surface area contributed by atoms with Gasteiger partial charge in [-0.2, -0.15) is 0 Å². The average molecular weight is 246 g/mol. The first-order valence-corrected chi connectivity index (χ1v) is 5.58. The van der Waals surface area contributed by atoms with Crippen molar-refractivity contribution in [1.29, 1.82) is 0 Å². The van der Waals surface area contributed by atoms with Crippen molar-refractivity contribution in [1.82, 2.24) is 4.73 Å². The normalized spacial score (nSPS) is 20.7. The highest BCUT2D eigenvalue weighted by atomic mass is 19.1. The molecule has 1 aliphatic carbocycles. The molecule has 1 N–H and O–H groups in total. The van der Waals surface area contributed by atoms with Crippen LogP contribution in [0, 0.1) is 18.5 Å². The SMILES string of the molecule is [2H]C([2H])([2H])c1c(F)c(C2CCCCC2)n(O)c(=O)c1F. The van der Waals surface area contributed by atoms with Gasteiger partial charge in [-0.25, -0.2) is 8.78 Å². The molecule has 17 heavy (non-hydrogen) atoms. The van der Waals surface area contributed by atoms with Crippen LogP contribution in [-0.2, 0) is 0 Å². The second kappa shape index (κ2) is 4.47. The molecule has 0 amide bonds. The van der Waals surface area contributed by atoms with E-state index >= 15 is 0 Å². The van der Waals surface area contributed by atoms with Gasteiger partial charge in [0.25, 0.3) is 0 Å². The predicted octanol–water partition coefficient (Wildman–Crippen LogP) is 2.72. The third-order valence-corrected chi connectivity index (χ3v) is 3.26. The second-order valence-corrected chi connectivity index (χ2v) is 4.34. The number of rotatable bonds is 1. The summed E-state index contributed by atoms with van der Waals surface area (Å²) in [6, 6.07) is 0. The minimum Gasteiger partial charge on any atom is -0.425 e. The van der Waals surface area contributed by atoms with E-state index in [4.69, 9.17) is 4.11 Å². The summed E-state index contributed by atoms with van der Waals surface area (Å²) >= 11 is 0. The van der Waals surface area contributed by atoms with E-state index in [0.29, 0.717) is 12.8 Å². The van der Waals surface area contributed by atoms with Gasteiger partial charge in [-0.15, -0.1) is 4.73 Å². The molecule has 0 unspecified atom stereocenters. The van der Waals surface area contributed by atoms with Gasteiger partial charge < -0.3 is 5.21 Å². The van der Waals surface area contributed by atoms with Crippen LogP contribution in [-0.4, -0.2) is 9.94 Å². The van der Waals surface area contributed by atoms with Gasteiger partial charge in [-0.1, -0.05) is 19.3 Å². The fourth-order valence-electron chi connectivity index (χ4n) is 2.35. The van der Waals surface area contributed by atoms with Gasteiger partial charge in [-0.3, -0.25) is 4.79 Å². The summed E-state index contributed by atoms with van der Waals surface area (Å²) in [7, 11) is 0. The molecular weight excluding hydrogens is 228 g/mol. The van der Waals surface area contributed by atoms with Gasteiger partial charge in [0.15, 0.2) is 11.6 Å². The van der Waals surface area contributed by atoms with Gasteiger partial charge in [0.2, 0.25) is 0 Å². The molecule has 2 rings (SSSR count). The number of halogens is 2. The molecule has 0 aromatic carbocycles. The summed E-state index contributed by atoms with van der Waals surface area (Å²) in [5.74, 6) is -3.57. The fraction of sp³-hybridized carbons (Fsp3) is 0.583. The highest BCUT2D eigenvalue weighted by Gasteiger charge is 2.27. The summed E-state index contributed by atoms with van der Waals surface area (Å²) < 4.78 is 49.4. The number of nitrogens with zero attached hydrogens (tertiary/aromatic N) is 1. The average Bonchev–Trinajstić information content (AvgIpc) is 2.36. The van der Waals surface area contributed by atoms with Gasteiger partial charge in [-0.05, 0) is 19.7 Å². The van der Waals surface area contributed by atoms with Crippen LogP contribution < -0.4 is 5.56 Å². The minimum absolute atomic E-state index is 0.0735. The molecule has 1 saturated carbocycles. The Kier molecular flexibility index (Phi) is 2.28. The maximum Gasteiger partial charge on any atom is 0.319 e. The Morgan fingerprint density at radius 2 is 1.94 bits per heavy atom. The van der Waals surface area contributed by atoms with Crippen molar-refractivity contribution in [3.05, 3.63) is 33.2 Å². The fourth-order valence-corrected chi connectivity index (χ4v) is 2.35. The first kappa shape index (κ1) is 8.66. The molecule has 3 nitrogen and oxygen atoms in total. The first-order valence-electron chi connectivity index (χ1n) is 7.08. The lowest BCUT2D eigenvalue weighted by atomic mass is 9.86. The third-order valence-electron chi connectivity index (χ3n) is 3.26. The van der Waals surface area contributed by atoms with E-state index in [0.717, 1.165) is 19.3 Å². The lowest BCUT2D eigenvalue weighted by Crippen LogP contribution is -2.29. The Morgan fingerprint density at radius 3 is 2.53 bits per heavy atom.